The van der Waals surface area contributed by atoms with E-state index in [-0.39, 0.29) is 40.0 Å². The molecule has 0 radical (unpaired) electrons. The third-order valence-corrected chi connectivity index (χ3v) is 2.76. The van der Waals surface area contributed by atoms with Crippen LogP contribution in [0.15, 0.2) is 24.3 Å². The van der Waals surface area contributed by atoms with E-state index in [1.165, 1.54) is 31.7 Å². The molecule has 16 heavy (non-hydrogen) atoms. The third-order valence-electron chi connectivity index (χ3n) is 2.76. The Morgan fingerprint density at radius 1 is 1.19 bits per heavy atom. The number of halogens is 1. The van der Waals surface area contributed by atoms with E-state index >= 15 is 0 Å². The molecule has 0 aliphatic carbocycles. The van der Waals surface area contributed by atoms with Crippen LogP contribution in [0.3, 0.4) is 0 Å². The molecule has 2 nitrogen and oxygen atoms in total. The Hall–Kier alpha value is 0.386. The predicted octanol–water partition coefficient (Wildman–Crippen LogP) is -2.14. The first kappa shape index (κ1) is 16.4. The van der Waals surface area contributed by atoms with Crippen LogP contribution >= 0.6 is 0 Å². The molecule has 0 saturated carbocycles. The van der Waals surface area contributed by atoms with Gasteiger partial charge in [0.2, 0.25) is 0 Å². The molecule has 0 atom stereocenters. The van der Waals surface area contributed by atoms with Crippen molar-refractivity contribution < 1.29 is 17.0 Å². The van der Waals surface area contributed by atoms with Gasteiger partial charge in [-0.25, -0.2) is 0 Å². The second-order valence-electron chi connectivity index (χ2n) is 3.97. The molecule has 1 aliphatic rings. The van der Waals surface area contributed by atoms with Crippen LogP contribution in [0, 0.1) is 6.07 Å². The number of piperazine rings is 1. The van der Waals surface area contributed by atoms with E-state index in [2.05, 4.69) is 35.0 Å². The molecule has 4 heteroatoms. The van der Waals surface area contributed by atoms with Crippen LogP contribution in [0.25, 0.3) is 0 Å². The van der Waals surface area contributed by atoms with Crippen LogP contribution in [0.4, 0.5) is 0 Å². The second kappa shape index (κ2) is 8.47. The third kappa shape index (κ3) is 5.14. The van der Waals surface area contributed by atoms with Crippen molar-refractivity contribution in [2.75, 3.05) is 33.2 Å². The number of nitrogens with zero attached hydrogens (tertiary/aromatic N) is 2. The fourth-order valence-electron chi connectivity index (χ4n) is 1.78. The van der Waals surface area contributed by atoms with E-state index in [9.17, 15) is 0 Å². The van der Waals surface area contributed by atoms with Crippen LogP contribution < -0.4 is 17.0 Å². The topological polar surface area (TPSA) is 6.48 Å². The van der Waals surface area contributed by atoms with Gasteiger partial charge in [0.1, 0.15) is 0 Å². The molecule has 1 saturated heterocycles. The summed E-state index contributed by atoms with van der Waals surface area (Å²) in [7, 11) is 2.19. The molecule has 0 N–H and O–H groups in total. The molecule has 0 unspecified atom stereocenters. The predicted molar refractivity (Wildman–Crippen MR) is 63.8 cm³/mol. The van der Waals surface area contributed by atoms with Crippen molar-refractivity contribution in [2.45, 2.75) is 6.54 Å². The fraction of sp³-hybridized carbons (Fsp3) is 0.500. The monoisotopic (exact) mass is 292 g/mol. The van der Waals surface area contributed by atoms with Gasteiger partial charge in [0.15, 0.2) is 0 Å². The molecular formula is C12H17BrMgN2. The quantitative estimate of drug-likeness (QED) is 0.454. The average molecular weight is 293 g/mol. The summed E-state index contributed by atoms with van der Waals surface area (Å²) in [5.41, 5.74) is 1.30. The summed E-state index contributed by atoms with van der Waals surface area (Å²) in [6.07, 6.45) is 0. The minimum Gasteiger partial charge on any atom is -1.00 e. The van der Waals surface area contributed by atoms with Gasteiger partial charge in [0.05, 0.1) is 0 Å². The zero-order valence-electron chi connectivity index (χ0n) is 9.82. The van der Waals surface area contributed by atoms with Gasteiger partial charge >= 0.3 is 23.1 Å². The van der Waals surface area contributed by atoms with E-state index in [1.54, 1.807) is 0 Å². The Morgan fingerprint density at radius 3 is 2.44 bits per heavy atom. The molecule has 0 spiro atoms. The minimum atomic E-state index is 0. The van der Waals surface area contributed by atoms with Gasteiger partial charge in [-0.2, -0.15) is 30.3 Å². The molecule has 84 valence electrons. The Labute approximate surface area is 125 Å². The summed E-state index contributed by atoms with van der Waals surface area (Å²) < 4.78 is 0. The van der Waals surface area contributed by atoms with Crippen molar-refractivity contribution in [3.05, 3.63) is 35.9 Å². The Bertz CT molecular complexity index is 274. The Morgan fingerprint density at radius 2 is 1.88 bits per heavy atom. The van der Waals surface area contributed by atoms with E-state index in [1.807, 2.05) is 12.1 Å². The summed E-state index contributed by atoms with van der Waals surface area (Å²) in [6.45, 7) is 5.78. The van der Waals surface area contributed by atoms with E-state index < -0.39 is 0 Å². The van der Waals surface area contributed by atoms with Gasteiger partial charge < -0.3 is 21.9 Å². The number of rotatable bonds is 2. The zero-order chi connectivity index (χ0) is 9.80. The largest absolute Gasteiger partial charge is 2.00 e. The van der Waals surface area contributed by atoms with Gasteiger partial charge in [0, 0.05) is 32.7 Å². The molecule has 0 amide bonds. The summed E-state index contributed by atoms with van der Waals surface area (Å²) in [5, 5.41) is 0. The average Bonchev–Trinajstić information content (AvgIpc) is 2.23. The van der Waals surface area contributed by atoms with Crippen LogP contribution in [0.5, 0.6) is 0 Å². The Kier molecular flexibility index (Phi) is 8.68. The van der Waals surface area contributed by atoms with Gasteiger partial charge in [-0.05, 0) is 7.05 Å². The number of hydrogen-bond donors (Lipinski definition) is 0. The smallest absolute Gasteiger partial charge is 1.00 e. The Balaban J connectivity index is 0.00000112. The van der Waals surface area contributed by atoms with Crippen LogP contribution in [0.2, 0.25) is 0 Å². The standard InChI is InChI=1S/C12H17N2.BrH.Mg/c1-13-7-9-14(10-8-13)11-12-5-3-2-4-6-12;;/h2-5H,7-11H2,1H3;1H;/q-1;;+2/p-1. The number of likely N-dealkylation sites (N-methyl/N-ethyl adjacent to an activating group) is 1. The summed E-state index contributed by atoms with van der Waals surface area (Å²) >= 11 is 0. The summed E-state index contributed by atoms with van der Waals surface area (Å²) in [4.78, 5) is 4.87. The summed E-state index contributed by atoms with van der Waals surface area (Å²) in [6, 6.07) is 11.5. The van der Waals surface area contributed by atoms with Gasteiger partial charge in [-0.15, -0.1) is 5.56 Å². The zero-order valence-corrected chi connectivity index (χ0v) is 12.8. The first-order valence-corrected chi connectivity index (χ1v) is 5.21. The van der Waals surface area contributed by atoms with Crippen LogP contribution in [-0.2, 0) is 6.54 Å². The molecule has 0 aromatic heterocycles. The van der Waals surface area contributed by atoms with E-state index in [0.29, 0.717) is 0 Å². The molecule has 1 aromatic carbocycles. The number of benzene rings is 1. The maximum atomic E-state index is 3.27. The minimum absolute atomic E-state index is 0. The van der Waals surface area contributed by atoms with Crippen molar-refractivity contribution in [1.29, 1.82) is 0 Å². The molecular weight excluding hydrogens is 276 g/mol. The molecule has 1 heterocycles. The van der Waals surface area contributed by atoms with Crippen molar-refractivity contribution in [1.82, 2.24) is 9.80 Å². The van der Waals surface area contributed by atoms with Crippen molar-refractivity contribution in [3.63, 3.8) is 0 Å². The molecule has 0 bridgehead atoms. The molecule has 1 aromatic rings. The molecule has 2 rings (SSSR count). The maximum Gasteiger partial charge on any atom is 2.00 e. The fourth-order valence-corrected chi connectivity index (χ4v) is 1.78. The van der Waals surface area contributed by atoms with Gasteiger partial charge in [-0.3, -0.25) is 4.90 Å². The first-order chi connectivity index (χ1) is 6.84. The maximum absolute atomic E-state index is 3.27. The van der Waals surface area contributed by atoms with E-state index in [0.717, 1.165) is 6.54 Å². The molecule has 1 aliphatic heterocycles. The number of hydrogen-bond acceptors (Lipinski definition) is 2. The molecule has 1 fully saturated rings. The van der Waals surface area contributed by atoms with Crippen molar-refractivity contribution in [2.24, 2.45) is 0 Å². The SMILES string of the molecule is CN1CCN(Cc2[c-]cccc2)CC1.[Br-].[Mg+2]. The van der Waals surface area contributed by atoms with Crippen LogP contribution in [-0.4, -0.2) is 66.1 Å². The van der Waals surface area contributed by atoms with Gasteiger partial charge in [0.25, 0.3) is 0 Å². The van der Waals surface area contributed by atoms with Crippen molar-refractivity contribution in [3.8, 4) is 0 Å². The van der Waals surface area contributed by atoms with Crippen molar-refractivity contribution >= 4 is 23.1 Å². The summed E-state index contributed by atoms with van der Waals surface area (Å²) in [5.74, 6) is 0. The first-order valence-electron chi connectivity index (χ1n) is 5.21. The van der Waals surface area contributed by atoms with E-state index in [4.69, 9.17) is 0 Å². The van der Waals surface area contributed by atoms with Crippen LogP contribution in [0.1, 0.15) is 5.56 Å². The second-order valence-corrected chi connectivity index (χ2v) is 3.97. The normalized spacial score (nSPS) is 17.3. The van der Waals surface area contributed by atoms with Gasteiger partial charge in [-0.1, -0.05) is 0 Å².